The molecule has 26 heavy (non-hydrogen) atoms. The Bertz CT molecular complexity index is 830. The fourth-order valence-corrected chi connectivity index (χ4v) is 4.24. The van der Waals surface area contributed by atoms with Crippen LogP contribution in [0.25, 0.3) is 0 Å². The van der Waals surface area contributed by atoms with Gasteiger partial charge in [-0.15, -0.1) is 0 Å². The van der Waals surface area contributed by atoms with Gasteiger partial charge in [-0.05, 0) is 69.2 Å². The average Bonchev–Trinajstić information content (AvgIpc) is 2.55. The second-order valence-corrected chi connectivity index (χ2v) is 7.45. The number of aromatic nitrogens is 1. The molecular weight excluding hydrogens is 322 g/mol. The Morgan fingerprint density at radius 2 is 1.69 bits per heavy atom. The Labute approximate surface area is 156 Å². The van der Waals surface area contributed by atoms with Crippen molar-refractivity contribution in [1.29, 1.82) is 0 Å². The molecular formula is C22H29N3O. The number of aryl methyl sites for hydroxylation is 4. The van der Waals surface area contributed by atoms with E-state index in [4.69, 9.17) is 4.98 Å². The number of carbonyl (C=O) groups excluding carboxylic acids is 1. The number of anilines is 3. The Balaban J connectivity index is 2.24. The van der Waals surface area contributed by atoms with Crippen molar-refractivity contribution in [3.63, 3.8) is 0 Å². The summed E-state index contributed by atoms with van der Waals surface area (Å²) in [6.45, 7) is 13.1. The van der Waals surface area contributed by atoms with Gasteiger partial charge in [0.15, 0.2) is 5.82 Å². The first-order valence-electron chi connectivity index (χ1n) is 9.52. The largest absolute Gasteiger partial charge is 0.321 e. The van der Waals surface area contributed by atoms with Crippen molar-refractivity contribution in [2.24, 2.45) is 0 Å². The molecule has 0 bridgehead atoms. The lowest BCUT2D eigenvalue weighted by atomic mass is 9.91. The van der Waals surface area contributed by atoms with Crippen LogP contribution < -0.4 is 10.2 Å². The van der Waals surface area contributed by atoms with Crippen LogP contribution in [0, 0.1) is 27.7 Å². The molecule has 0 fully saturated rings. The highest BCUT2D eigenvalue weighted by Crippen LogP contribution is 2.42. The van der Waals surface area contributed by atoms with Crippen molar-refractivity contribution >= 4 is 23.1 Å². The van der Waals surface area contributed by atoms with E-state index in [1.54, 1.807) is 0 Å². The van der Waals surface area contributed by atoms with E-state index in [0.717, 1.165) is 35.7 Å². The first-order chi connectivity index (χ1) is 12.3. The normalized spacial score (nSPS) is 13.8. The fraction of sp³-hybridized carbons (Fsp3) is 0.455. The van der Waals surface area contributed by atoms with E-state index >= 15 is 0 Å². The van der Waals surface area contributed by atoms with Crippen molar-refractivity contribution in [3.8, 4) is 0 Å². The summed E-state index contributed by atoms with van der Waals surface area (Å²) in [6, 6.07) is 6.48. The number of hydrogen-bond donors (Lipinski definition) is 1. The highest BCUT2D eigenvalue weighted by atomic mass is 16.2. The van der Waals surface area contributed by atoms with Crippen molar-refractivity contribution < 1.29 is 4.79 Å². The van der Waals surface area contributed by atoms with Crippen LogP contribution in [0.15, 0.2) is 18.2 Å². The number of nitrogens with one attached hydrogen (secondary N) is 1. The van der Waals surface area contributed by atoms with E-state index in [1.165, 1.54) is 22.3 Å². The van der Waals surface area contributed by atoms with Crippen LogP contribution >= 0.6 is 0 Å². The number of hydrogen-bond acceptors (Lipinski definition) is 3. The molecule has 2 aromatic rings. The van der Waals surface area contributed by atoms with E-state index in [9.17, 15) is 4.79 Å². The van der Waals surface area contributed by atoms with Crippen LogP contribution in [0.3, 0.4) is 0 Å². The van der Waals surface area contributed by atoms with Gasteiger partial charge in [0.05, 0.1) is 5.69 Å². The van der Waals surface area contributed by atoms with Crippen LogP contribution in [0.4, 0.5) is 17.2 Å². The zero-order valence-electron chi connectivity index (χ0n) is 16.7. The molecule has 1 aromatic carbocycles. The third kappa shape index (κ3) is 3.20. The van der Waals surface area contributed by atoms with Gasteiger partial charge in [-0.2, -0.15) is 0 Å². The van der Waals surface area contributed by atoms with Gasteiger partial charge in [0.1, 0.15) is 6.54 Å². The molecule has 0 radical (unpaired) electrons. The van der Waals surface area contributed by atoms with E-state index in [2.05, 4.69) is 63.0 Å². The smallest absolute Gasteiger partial charge is 0.244 e. The molecule has 3 rings (SSSR count). The molecule has 4 heteroatoms. The van der Waals surface area contributed by atoms with Crippen LogP contribution in [-0.4, -0.2) is 17.4 Å². The number of amides is 1. The molecule has 1 aliphatic heterocycles. The summed E-state index contributed by atoms with van der Waals surface area (Å²) in [5, 5.41) is 3.11. The Morgan fingerprint density at radius 3 is 2.27 bits per heavy atom. The number of fused-ring (bicyclic) bond motifs is 1. The SMILES string of the molecule is CCC(CC)c1cc(C)nc2c1NC(=O)CN2c1c(C)cc(C)cc1C. The van der Waals surface area contributed by atoms with Crippen molar-refractivity contribution in [2.75, 3.05) is 16.8 Å². The summed E-state index contributed by atoms with van der Waals surface area (Å²) in [5.41, 5.74) is 7.78. The third-order valence-electron chi connectivity index (χ3n) is 5.31. The molecule has 4 nitrogen and oxygen atoms in total. The number of benzene rings is 1. The zero-order valence-corrected chi connectivity index (χ0v) is 16.7. The molecule has 0 aliphatic carbocycles. The molecule has 0 atom stereocenters. The number of carbonyl (C=O) groups is 1. The maximum absolute atomic E-state index is 12.6. The Kier molecular flexibility index (Phi) is 5.03. The molecule has 1 N–H and O–H groups in total. The second kappa shape index (κ2) is 7.10. The third-order valence-corrected chi connectivity index (χ3v) is 5.31. The number of pyridine rings is 1. The van der Waals surface area contributed by atoms with Gasteiger partial charge in [0, 0.05) is 11.4 Å². The summed E-state index contributed by atoms with van der Waals surface area (Å²) in [7, 11) is 0. The van der Waals surface area contributed by atoms with Gasteiger partial charge < -0.3 is 10.2 Å². The first kappa shape index (κ1) is 18.4. The summed E-state index contributed by atoms with van der Waals surface area (Å²) in [4.78, 5) is 19.5. The maximum atomic E-state index is 12.6. The van der Waals surface area contributed by atoms with Crippen molar-refractivity contribution in [1.82, 2.24) is 4.98 Å². The zero-order chi connectivity index (χ0) is 19.0. The second-order valence-electron chi connectivity index (χ2n) is 7.45. The van der Waals surface area contributed by atoms with Crippen LogP contribution in [0.1, 0.15) is 60.6 Å². The molecule has 2 heterocycles. The fourth-order valence-electron chi connectivity index (χ4n) is 4.24. The Morgan fingerprint density at radius 1 is 1.08 bits per heavy atom. The number of rotatable bonds is 4. The van der Waals surface area contributed by atoms with Crippen LogP contribution in [-0.2, 0) is 4.79 Å². The average molecular weight is 351 g/mol. The Hall–Kier alpha value is -2.36. The monoisotopic (exact) mass is 351 g/mol. The van der Waals surface area contributed by atoms with Crippen molar-refractivity contribution in [3.05, 3.63) is 46.1 Å². The molecule has 1 aliphatic rings. The van der Waals surface area contributed by atoms with Crippen LogP contribution in [0.5, 0.6) is 0 Å². The highest BCUT2D eigenvalue weighted by molar-refractivity contribution is 6.03. The summed E-state index contributed by atoms with van der Waals surface area (Å²) in [6.07, 6.45) is 2.09. The molecule has 0 saturated heterocycles. The summed E-state index contributed by atoms with van der Waals surface area (Å²) in [5.74, 6) is 1.32. The minimum absolute atomic E-state index is 0.0229. The lowest BCUT2D eigenvalue weighted by molar-refractivity contribution is -0.115. The standard InChI is InChI=1S/C22H29N3O/c1-7-17(8-2)18-11-16(6)23-22-20(18)24-19(26)12-25(22)21-14(4)9-13(3)10-15(21)5/h9-11,17H,7-8,12H2,1-6H3,(H,24,26). The molecule has 0 unspecified atom stereocenters. The summed E-state index contributed by atoms with van der Waals surface area (Å²) < 4.78 is 0. The maximum Gasteiger partial charge on any atom is 0.244 e. The van der Waals surface area contributed by atoms with E-state index in [0.29, 0.717) is 12.5 Å². The highest BCUT2D eigenvalue weighted by Gasteiger charge is 2.30. The van der Waals surface area contributed by atoms with Gasteiger partial charge in [-0.1, -0.05) is 31.5 Å². The van der Waals surface area contributed by atoms with Gasteiger partial charge in [0.25, 0.3) is 0 Å². The van der Waals surface area contributed by atoms with E-state index < -0.39 is 0 Å². The predicted molar refractivity (Wildman–Crippen MR) is 109 cm³/mol. The van der Waals surface area contributed by atoms with Crippen LogP contribution in [0.2, 0.25) is 0 Å². The van der Waals surface area contributed by atoms with E-state index in [1.807, 2.05) is 6.92 Å². The number of nitrogens with zero attached hydrogens (tertiary/aromatic N) is 2. The molecule has 0 saturated carbocycles. The molecule has 1 aromatic heterocycles. The minimum Gasteiger partial charge on any atom is -0.321 e. The van der Waals surface area contributed by atoms with Gasteiger partial charge in [0.2, 0.25) is 5.91 Å². The molecule has 0 spiro atoms. The lowest BCUT2D eigenvalue weighted by Gasteiger charge is -2.34. The topological polar surface area (TPSA) is 45.2 Å². The lowest BCUT2D eigenvalue weighted by Crippen LogP contribution is -2.37. The van der Waals surface area contributed by atoms with Gasteiger partial charge >= 0.3 is 0 Å². The van der Waals surface area contributed by atoms with Crippen molar-refractivity contribution in [2.45, 2.75) is 60.3 Å². The predicted octanol–water partition coefficient (Wildman–Crippen LogP) is 5.31. The van der Waals surface area contributed by atoms with E-state index in [-0.39, 0.29) is 5.91 Å². The molecule has 1 amide bonds. The van der Waals surface area contributed by atoms with Gasteiger partial charge in [-0.25, -0.2) is 4.98 Å². The molecule has 138 valence electrons. The summed E-state index contributed by atoms with van der Waals surface area (Å²) >= 11 is 0. The minimum atomic E-state index is 0.0229. The first-order valence-corrected chi connectivity index (χ1v) is 9.52. The quantitative estimate of drug-likeness (QED) is 0.812. The van der Waals surface area contributed by atoms with Gasteiger partial charge in [-0.3, -0.25) is 4.79 Å².